The Morgan fingerprint density at radius 3 is 2.41 bits per heavy atom. The minimum atomic E-state index is -0.736. The van der Waals surface area contributed by atoms with Gasteiger partial charge in [0.2, 0.25) is 11.8 Å². The number of hydrogen-bond acceptors (Lipinski definition) is 5. The third-order valence-corrected chi connectivity index (χ3v) is 12.1. The number of likely N-dealkylation sites (tertiary alicyclic amines) is 1. The Morgan fingerprint density at radius 1 is 0.978 bits per heavy atom. The van der Waals surface area contributed by atoms with Crippen molar-refractivity contribution in [2.24, 2.45) is 17.8 Å². The van der Waals surface area contributed by atoms with Crippen LogP contribution in [0.2, 0.25) is 0 Å². The quantitative estimate of drug-likeness (QED) is 0.193. The van der Waals surface area contributed by atoms with Crippen LogP contribution >= 0.6 is 11.8 Å². The highest BCUT2D eigenvalue weighted by atomic mass is 32.2. The molecule has 3 heterocycles. The second kappa shape index (κ2) is 13.5. The molecule has 6 rings (SSSR count). The van der Waals surface area contributed by atoms with Crippen LogP contribution in [0.5, 0.6) is 0 Å². The van der Waals surface area contributed by atoms with E-state index >= 15 is 0 Å². The molecular weight excluding hydrogens is 595 g/mol. The molecule has 46 heavy (non-hydrogen) atoms. The number of carbonyl (C=O) groups is 3. The molecule has 3 aliphatic heterocycles. The van der Waals surface area contributed by atoms with Crippen molar-refractivity contribution in [3.8, 4) is 0 Å². The maximum absolute atomic E-state index is 15.0. The number of aliphatic hydroxyl groups excluding tert-OH is 1. The van der Waals surface area contributed by atoms with E-state index in [9.17, 15) is 19.5 Å². The van der Waals surface area contributed by atoms with Crippen molar-refractivity contribution >= 4 is 45.9 Å². The van der Waals surface area contributed by atoms with Gasteiger partial charge in [-0.05, 0) is 53.6 Å². The fraction of sp³-hybridized carbons (Fsp3) is 0.395. The van der Waals surface area contributed by atoms with E-state index in [2.05, 4.69) is 20.1 Å². The molecule has 3 fully saturated rings. The molecule has 8 heteroatoms. The van der Waals surface area contributed by atoms with Crippen LogP contribution in [0.3, 0.4) is 0 Å². The summed E-state index contributed by atoms with van der Waals surface area (Å²) in [4.78, 5) is 49.5. The van der Waals surface area contributed by atoms with E-state index in [0.29, 0.717) is 39.0 Å². The van der Waals surface area contributed by atoms with Crippen LogP contribution in [-0.2, 0) is 20.9 Å². The van der Waals surface area contributed by atoms with Crippen LogP contribution < -0.4 is 4.90 Å². The molecule has 0 aromatic heterocycles. The van der Waals surface area contributed by atoms with Crippen molar-refractivity contribution in [1.82, 2.24) is 9.80 Å². The van der Waals surface area contributed by atoms with E-state index in [-0.39, 0.29) is 35.5 Å². The second-order valence-corrected chi connectivity index (χ2v) is 14.3. The standard InChI is InChI=1S/C38H43N3O4S/c1-4-19-39(25-27-13-7-6-8-14-27)35(43)32-31-23-26(3)38(46-31)33(32)36(44)41(21-11-12-22-42)34(38)37(45)40(20-5-2)30-18-17-28-15-9-10-16-29(28)24-30/h4-10,13-18,24,26,31-34,42H,1-2,11-12,19-23,25H2,3H3/t26?,31-,32+,33+,34?,38?/m1/s1. The molecule has 1 N–H and O–H groups in total. The smallest absolute Gasteiger partial charge is 0.251 e. The van der Waals surface area contributed by atoms with Gasteiger partial charge >= 0.3 is 0 Å². The van der Waals surface area contributed by atoms with Gasteiger partial charge in [0.15, 0.2) is 0 Å². The number of aliphatic hydroxyl groups is 1. The lowest BCUT2D eigenvalue weighted by molar-refractivity contribution is -0.144. The molecule has 3 saturated heterocycles. The third-order valence-electron chi connectivity index (χ3n) is 10.1. The van der Waals surface area contributed by atoms with Crippen molar-refractivity contribution in [1.29, 1.82) is 0 Å². The van der Waals surface area contributed by atoms with Crippen LogP contribution in [0.4, 0.5) is 5.69 Å². The average molecular weight is 638 g/mol. The van der Waals surface area contributed by atoms with Gasteiger partial charge in [-0.3, -0.25) is 14.4 Å². The van der Waals surface area contributed by atoms with E-state index in [1.807, 2.05) is 77.7 Å². The predicted molar refractivity (Wildman–Crippen MR) is 185 cm³/mol. The number of carbonyl (C=O) groups excluding carboxylic acids is 3. The molecule has 240 valence electrons. The normalized spacial score (nSPS) is 26.3. The molecular formula is C38H43N3O4S. The van der Waals surface area contributed by atoms with Crippen LogP contribution in [0, 0.1) is 17.8 Å². The van der Waals surface area contributed by atoms with Gasteiger partial charge in [0, 0.05) is 43.7 Å². The molecule has 2 bridgehead atoms. The number of unbranched alkanes of at least 4 members (excludes halogenated alkanes) is 1. The summed E-state index contributed by atoms with van der Waals surface area (Å²) in [5.74, 6) is -1.38. The lowest BCUT2D eigenvalue weighted by atomic mass is 9.65. The van der Waals surface area contributed by atoms with Crippen molar-refractivity contribution in [3.63, 3.8) is 0 Å². The summed E-state index contributed by atoms with van der Waals surface area (Å²) >= 11 is 1.69. The van der Waals surface area contributed by atoms with Crippen LogP contribution in [0.25, 0.3) is 10.8 Å². The summed E-state index contributed by atoms with van der Waals surface area (Å²) in [6, 6.07) is 23.2. The molecule has 1 spiro atoms. The van der Waals surface area contributed by atoms with Gasteiger partial charge < -0.3 is 19.8 Å². The lowest BCUT2D eigenvalue weighted by Gasteiger charge is -2.41. The molecule has 3 aromatic rings. The number of benzene rings is 3. The van der Waals surface area contributed by atoms with Crippen LogP contribution in [0.15, 0.2) is 98.1 Å². The van der Waals surface area contributed by atoms with Gasteiger partial charge in [-0.25, -0.2) is 0 Å². The van der Waals surface area contributed by atoms with E-state index < -0.39 is 22.6 Å². The second-order valence-electron chi connectivity index (χ2n) is 12.8. The van der Waals surface area contributed by atoms with Gasteiger partial charge in [-0.1, -0.05) is 79.7 Å². The predicted octanol–water partition coefficient (Wildman–Crippen LogP) is 5.68. The molecule has 3 aliphatic rings. The number of fused-ring (bicyclic) bond motifs is 2. The number of thioether (sulfide) groups is 1. The Bertz CT molecular complexity index is 1630. The summed E-state index contributed by atoms with van der Waals surface area (Å²) in [6.07, 6.45) is 5.33. The van der Waals surface area contributed by atoms with Gasteiger partial charge in [0.05, 0.1) is 16.6 Å². The van der Waals surface area contributed by atoms with Gasteiger partial charge in [-0.15, -0.1) is 24.9 Å². The highest BCUT2D eigenvalue weighted by Gasteiger charge is 2.76. The minimum Gasteiger partial charge on any atom is -0.396 e. The first-order chi connectivity index (χ1) is 22.3. The first-order valence-electron chi connectivity index (χ1n) is 16.3. The molecule has 3 amide bonds. The number of hydrogen-bond donors (Lipinski definition) is 1. The molecule has 7 nitrogen and oxygen atoms in total. The summed E-state index contributed by atoms with van der Waals surface area (Å²) in [5.41, 5.74) is 1.77. The van der Waals surface area contributed by atoms with Gasteiger partial charge in [-0.2, -0.15) is 0 Å². The van der Waals surface area contributed by atoms with E-state index in [0.717, 1.165) is 28.4 Å². The summed E-state index contributed by atoms with van der Waals surface area (Å²) in [7, 11) is 0. The molecule has 0 aliphatic carbocycles. The third kappa shape index (κ3) is 5.45. The van der Waals surface area contributed by atoms with Crippen molar-refractivity contribution in [2.45, 2.75) is 48.8 Å². The fourth-order valence-electron chi connectivity index (χ4n) is 8.06. The van der Waals surface area contributed by atoms with Crippen molar-refractivity contribution in [3.05, 3.63) is 104 Å². The van der Waals surface area contributed by atoms with E-state index in [4.69, 9.17) is 0 Å². The molecule has 0 radical (unpaired) electrons. The zero-order valence-corrected chi connectivity index (χ0v) is 27.3. The van der Waals surface area contributed by atoms with Crippen molar-refractivity contribution in [2.75, 3.05) is 31.1 Å². The van der Waals surface area contributed by atoms with Gasteiger partial charge in [0.1, 0.15) is 6.04 Å². The Balaban J connectivity index is 1.39. The Hall–Kier alpha value is -3.88. The topological polar surface area (TPSA) is 81.2 Å². The maximum atomic E-state index is 15.0. The average Bonchev–Trinajstić information content (AvgIpc) is 3.66. The molecule has 0 saturated carbocycles. The van der Waals surface area contributed by atoms with Crippen molar-refractivity contribution < 1.29 is 19.5 Å². The first-order valence-corrected chi connectivity index (χ1v) is 17.2. The minimum absolute atomic E-state index is 0.0131. The lowest BCUT2D eigenvalue weighted by Crippen LogP contribution is -2.57. The fourth-order valence-corrected chi connectivity index (χ4v) is 10.5. The number of rotatable bonds is 13. The number of anilines is 1. The van der Waals surface area contributed by atoms with Gasteiger partial charge in [0.25, 0.3) is 5.91 Å². The molecule has 3 unspecified atom stereocenters. The molecule has 6 atom stereocenters. The number of amides is 3. The number of nitrogens with zero attached hydrogens (tertiary/aromatic N) is 3. The first kappa shape index (κ1) is 32.1. The zero-order valence-electron chi connectivity index (χ0n) is 26.5. The highest BCUT2D eigenvalue weighted by molar-refractivity contribution is 8.02. The van der Waals surface area contributed by atoms with Crippen LogP contribution in [-0.4, -0.2) is 74.9 Å². The van der Waals surface area contributed by atoms with E-state index in [1.54, 1.807) is 33.7 Å². The maximum Gasteiger partial charge on any atom is 0.251 e. The van der Waals surface area contributed by atoms with E-state index in [1.165, 1.54) is 0 Å². The zero-order chi connectivity index (χ0) is 32.4. The Labute approximate surface area is 275 Å². The highest BCUT2D eigenvalue weighted by Crippen LogP contribution is 2.69. The van der Waals surface area contributed by atoms with Crippen LogP contribution in [0.1, 0.15) is 31.7 Å². The Kier molecular flexibility index (Phi) is 9.39. The largest absolute Gasteiger partial charge is 0.396 e. The SMILES string of the molecule is C=CCN(Cc1ccccc1)C(=O)[C@@H]1[C@H]2C(=O)N(CCCCO)C(C(=O)N(CC=C)c3ccc4ccccc4c3)C23S[C@@H]1CC3C. The Morgan fingerprint density at radius 2 is 1.70 bits per heavy atom. The summed E-state index contributed by atoms with van der Waals surface area (Å²) < 4.78 is -0.735. The summed E-state index contributed by atoms with van der Waals surface area (Å²) in [5, 5.41) is 11.6. The molecule has 3 aromatic carbocycles. The summed E-state index contributed by atoms with van der Waals surface area (Å²) in [6.45, 7) is 11.5. The monoisotopic (exact) mass is 637 g/mol.